The maximum atomic E-state index is 13.6. The van der Waals surface area contributed by atoms with Crippen LogP contribution in [0.4, 0.5) is 23.2 Å². The molecular formula is C23H25F4N5O6S. The summed E-state index contributed by atoms with van der Waals surface area (Å²) in [4.78, 5) is 38.3. The highest BCUT2D eigenvalue weighted by molar-refractivity contribution is 7.89. The highest BCUT2D eigenvalue weighted by Gasteiger charge is 2.44. The Morgan fingerprint density at radius 1 is 1.23 bits per heavy atom. The number of amides is 3. The SMILES string of the molecule is Cc1cc(NC(=O)c2c3c(cn2C)S(=O)(=O)NC2CN(C(=O)C(=O)N[C@H](C)C(F)(F)F)CCC2O3)ccc1F. The Bertz CT molecular complexity index is 1440. The second kappa shape index (κ2) is 10.1. The van der Waals surface area contributed by atoms with Crippen molar-refractivity contribution in [1.29, 1.82) is 0 Å². The van der Waals surface area contributed by atoms with Gasteiger partial charge in [0.1, 0.15) is 22.9 Å². The van der Waals surface area contributed by atoms with E-state index in [1.165, 1.54) is 42.9 Å². The van der Waals surface area contributed by atoms with Crippen LogP contribution in [0, 0.1) is 12.7 Å². The molecule has 3 amide bonds. The van der Waals surface area contributed by atoms with Crippen LogP contribution >= 0.6 is 0 Å². The number of nitrogens with zero attached hydrogens (tertiary/aromatic N) is 2. The van der Waals surface area contributed by atoms with Crippen molar-refractivity contribution in [2.45, 2.75) is 49.5 Å². The zero-order valence-electron chi connectivity index (χ0n) is 20.9. The average Bonchev–Trinajstić information content (AvgIpc) is 3.12. The van der Waals surface area contributed by atoms with E-state index in [-0.39, 0.29) is 47.1 Å². The molecule has 1 aromatic heterocycles. The van der Waals surface area contributed by atoms with Gasteiger partial charge in [-0.3, -0.25) is 14.4 Å². The topological polar surface area (TPSA) is 139 Å². The number of aryl methyl sites for hydroxylation is 2. The highest BCUT2D eigenvalue weighted by Crippen LogP contribution is 2.36. The molecule has 2 aromatic rings. The normalized spacial score (nSPS) is 21.1. The molecule has 0 radical (unpaired) electrons. The summed E-state index contributed by atoms with van der Waals surface area (Å²) in [5, 5.41) is 4.17. The van der Waals surface area contributed by atoms with Crippen molar-refractivity contribution in [2.75, 3.05) is 18.4 Å². The van der Waals surface area contributed by atoms with Gasteiger partial charge in [0.25, 0.3) is 5.91 Å². The maximum Gasteiger partial charge on any atom is 0.408 e. The molecule has 16 heteroatoms. The molecule has 0 spiro atoms. The third-order valence-electron chi connectivity index (χ3n) is 6.47. The van der Waals surface area contributed by atoms with Gasteiger partial charge in [0, 0.05) is 38.4 Å². The molecule has 0 saturated carbocycles. The van der Waals surface area contributed by atoms with E-state index in [9.17, 15) is 40.4 Å². The molecule has 2 aliphatic heterocycles. The zero-order chi connectivity index (χ0) is 28.9. The summed E-state index contributed by atoms with van der Waals surface area (Å²) in [6, 6.07) is 0.599. The van der Waals surface area contributed by atoms with Gasteiger partial charge in [0.15, 0.2) is 11.4 Å². The highest BCUT2D eigenvalue weighted by atomic mass is 32.2. The second-order valence-corrected chi connectivity index (χ2v) is 11.0. The lowest BCUT2D eigenvalue weighted by Crippen LogP contribution is -2.59. The van der Waals surface area contributed by atoms with Crippen molar-refractivity contribution in [3.63, 3.8) is 0 Å². The van der Waals surface area contributed by atoms with Crippen LogP contribution in [-0.4, -0.2) is 73.1 Å². The lowest BCUT2D eigenvalue weighted by molar-refractivity contribution is -0.162. The predicted molar refractivity (Wildman–Crippen MR) is 128 cm³/mol. The molecule has 3 N–H and O–H groups in total. The number of likely N-dealkylation sites (tertiary alicyclic amines) is 1. The Kier molecular flexibility index (Phi) is 7.37. The minimum atomic E-state index is -4.75. The number of nitrogens with one attached hydrogen (secondary N) is 3. The maximum absolute atomic E-state index is 13.6. The summed E-state index contributed by atoms with van der Waals surface area (Å²) in [6.45, 7) is 1.73. The molecule has 0 aliphatic carbocycles. The first kappa shape index (κ1) is 28.4. The predicted octanol–water partition coefficient (Wildman–Crippen LogP) is 1.43. The Hall–Kier alpha value is -3.66. The minimum Gasteiger partial charge on any atom is -0.485 e. The number of anilines is 1. The fourth-order valence-corrected chi connectivity index (χ4v) is 5.76. The van der Waals surface area contributed by atoms with Crippen molar-refractivity contribution < 1.29 is 45.1 Å². The summed E-state index contributed by atoms with van der Waals surface area (Å²) in [5.41, 5.74) is 0.426. The van der Waals surface area contributed by atoms with Crippen LogP contribution in [0.1, 0.15) is 29.4 Å². The van der Waals surface area contributed by atoms with E-state index >= 15 is 0 Å². The first-order valence-corrected chi connectivity index (χ1v) is 13.2. The first-order chi connectivity index (χ1) is 18.1. The quantitative estimate of drug-likeness (QED) is 0.374. The van der Waals surface area contributed by atoms with Crippen molar-refractivity contribution >= 4 is 33.4 Å². The van der Waals surface area contributed by atoms with Crippen molar-refractivity contribution in [3.8, 4) is 5.75 Å². The van der Waals surface area contributed by atoms with Gasteiger partial charge in [-0.05, 0) is 37.6 Å². The molecule has 3 atom stereocenters. The second-order valence-electron chi connectivity index (χ2n) is 9.36. The summed E-state index contributed by atoms with van der Waals surface area (Å²) < 4.78 is 87.9. The van der Waals surface area contributed by atoms with E-state index in [0.29, 0.717) is 6.92 Å². The van der Waals surface area contributed by atoms with E-state index in [2.05, 4.69) is 10.0 Å². The zero-order valence-corrected chi connectivity index (χ0v) is 21.7. The van der Waals surface area contributed by atoms with E-state index in [4.69, 9.17) is 4.74 Å². The van der Waals surface area contributed by atoms with Crippen molar-refractivity contribution in [3.05, 3.63) is 41.5 Å². The van der Waals surface area contributed by atoms with Crippen LogP contribution in [-0.2, 0) is 26.7 Å². The number of hydrogen-bond donors (Lipinski definition) is 3. The number of ether oxygens (including phenoxy) is 1. The number of fused-ring (bicyclic) bond motifs is 2. The number of carbonyl (C=O) groups is 3. The molecule has 1 aromatic carbocycles. The smallest absolute Gasteiger partial charge is 0.408 e. The van der Waals surface area contributed by atoms with E-state index in [1.807, 2.05) is 0 Å². The molecule has 212 valence electrons. The van der Waals surface area contributed by atoms with Gasteiger partial charge in [-0.15, -0.1) is 0 Å². The number of halogens is 4. The Morgan fingerprint density at radius 3 is 2.56 bits per heavy atom. The van der Waals surface area contributed by atoms with Gasteiger partial charge in [-0.1, -0.05) is 0 Å². The van der Waals surface area contributed by atoms with Crippen molar-refractivity contribution in [2.24, 2.45) is 7.05 Å². The Morgan fingerprint density at radius 2 is 1.92 bits per heavy atom. The van der Waals surface area contributed by atoms with Crippen LogP contribution in [0.25, 0.3) is 0 Å². The molecule has 2 unspecified atom stereocenters. The van der Waals surface area contributed by atoms with Gasteiger partial charge in [-0.25, -0.2) is 17.5 Å². The molecule has 3 heterocycles. The summed E-state index contributed by atoms with van der Waals surface area (Å²) >= 11 is 0. The van der Waals surface area contributed by atoms with Crippen molar-refractivity contribution in [1.82, 2.24) is 19.5 Å². The number of hydrogen-bond acceptors (Lipinski definition) is 6. The third kappa shape index (κ3) is 5.71. The fourth-order valence-electron chi connectivity index (χ4n) is 4.32. The van der Waals surface area contributed by atoms with Crippen LogP contribution in [0.2, 0.25) is 0 Å². The van der Waals surface area contributed by atoms with E-state index < -0.39 is 57.9 Å². The van der Waals surface area contributed by atoms with Crippen LogP contribution < -0.4 is 20.1 Å². The number of piperidine rings is 1. The van der Waals surface area contributed by atoms with Gasteiger partial charge >= 0.3 is 18.0 Å². The third-order valence-corrected chi connectivity index (χ3v) is 7.95. The van der Waals surface area contributed by atoms with Gasteiger partial charge < -0.3 is 24.8 Å². The molecule has 1 saturated heterocycles. The monoisotopic (exact) mass is 575 g/mol. The van der Waals surface area contributed by atoms with E-state index in [0.717, 1.165) is 4.90 Å². The van der Waals surface area contributed by atoms with E-state index in [1.54, 1.807) is 5.32 Å². The number of rotatable bonds is 3. The summed E-state index contributed by atoms with van der Waals surface area (Å²) in [7, 11) is -2.85. The standard InChI is InChI=1S/C23H25F4N5O6S/c1-11-8-13(4-5-14(11)24)29-20(33)18-19-17(10-31(18)3)39(36,37)30-15-9-32(7-6-16(15)38-19)22(35)21(34)28-12(2)23(25,26)27/h4-5,8,10,12,15-16,30H,6-7,9H2,1-3H3,(H,28,34)(H,29,33)/t12-,15?,16?/m1/s1. The Labute approximate surface area is 220 Å². The van der Waals surface area contributed by atoms with Gasteiger partial charge in [0.05, 0.1) is 6.04 Å². The molecule has 1 fully saturated rings. The molecular weight excluding hydrogens is 550 g/mol. The fraction of sp³-hybridized carbons (Fsp3) is 0.435. The molecule has 4 rings (SSSR count). The van der Waals surface area contributed by atoms with Crippen LogP contribution in [0.3, 0.4) is 0 Å². The van der Waals surface area contributed by atoms with Gasteiger partial charge in [0.2, 0.25) is 10.0 Å². The number of carbonyl (C=O) groups excluding carboxylic acids is 3. The van der Waals surface area contributed by atoms with Crippen LogP contribution in [0.15, 0.2) is 29.3 Å². The lowest BCUT2D eigenvalue weighted by atomic mass is 10.0. The molecule has 39 heavy (non-hydrogen) atoms. The number of sulfonamides is 1. The number of benzene rings is 1. The summed E-state index contributed by atoms with van der Waals surface area (Å²) in [5.74, 6) is -4.15. The lowest BCUT2D eigenvalue weighted by Gasteiger charge is -2.37. The molecule has 11 nitrogen and oxygen atoms in total. The molecule has 0 bridgehead atoms. The first-order valence-electron chi connectivity index (χ1n) is 11.7. The molecule has 2 aliphatic rings. The average molecular weight is 576 g/mol. The summed E-state index contributed by atoms with van der Waals surface area (Å²) in [6.07, 6.45) is -4.44. The number of aromatic nitrogens is 1. The Balaban J connectivity index is 1.54. The van der Waals surface area contributed by atoms with Gasteiger partial charge in [-0.2, -0.15) is 13.2 Å². The largest absolute Gasteiger partial charge is 0.485 e. The van der Waals surface area contributed by atoms with Crippen LogP contribution in [0.5, 0.6) is 5.75 Å². The number of alkyl halides is 3. The minimum absolute atomic E-state index is 0.00752.